The zero-order chi connectivity index (χ0) is 38.2. The molecule has 55 heavy (non-hydrogen) atoms. The Morgan fingerprint density at radius 3 is 1.56 bits per heavy atom. The first-order valence-electron chi connectivity index (χ1n) is 17.3. The summed E-state index contributed by atoms with van der Waals surface area (Å²) in [5, 5.41) is 3.89. The predicted molar refractivity (Wildman–Crippen MR) is 240 cm³/mol. The number of rotatable bonds is 3. The van der Waals surface area contributed by atoms with E-state index >= 15 is 0 Å². The summed E-state index contributed by atoms with van der Waals surface area (Å²) in [5.41, 5.74) is 9.55. The molecule has 0 aliphatic carbocycles. The van der Waals surface area contributed by atoms with Crippen LogP contribution in [0.1, 0.15) is 0 Å². The standard InChI is InChI=1S/C42H15B10NO2/c43-29-26-25-30(44)33(47)35(49)37(51)39(25)53(40(26)42-28(31(29)45)27-32(46)34(48)36(50)38(52)41(27)55-42)19-14-12-17(13-15-19)16-8-10-18(11-9-16)20-5-3-7-23-24(20)21-4-1-2-6-22(21)54-23/h1-15H. The van der Waals surface area contributed by atoms with E-state index in [9.17, 15) is 0 Å². The maximum Gasteiger partial charge on any atom is 0.159 e. The lowest BCUT2D eigenvalue weighted by Crippen LogP contribution is -2.48. The number of fused-ring (bicyclic) bond motifs is 10. The van der Waals surface area contributed by atoms with E-state index in [-0.39, 0.29) is 60.2 Å². The van der Waals surface area contributed by atoms with Crippen molar-refractivity contribution in [3.8, 4) is 27.9 Å². The molecule has 3 aromatic heterocycles. The Kier molecular flexibility index (Phi) is 7.47. The van der Waals surface area contributed by atoms with Gasteiger partial charge in [-0.1, -0.05) is 99.5 Å². The SMILES string of the molecule is [B]c1c([B])c([B])c2c(oc3c2c([B])c([B])c2c4c([B])c([B])c([B])c([B])c4n(-c4ccc(-c5ccc(-c6cccc7oc8ccccc8c67)cc5)cc4)c32)c1[B]. The molecule has 7 aromatic carbocycles. The highest BCUT2D eigenvalue weighted by atomic mass is 16.3. The largest absolute Gasteiger partial charge is 0.456 e. The molecule has 0 aliphatic rings. The summed E-state index contributed by atoms with van der Waals surface area (Å²) in [6.45, 7) is 0. The molecule has 0 bridgehead atoms. The third kappa shape index (κ3) is 4.59. The second kappa shape index (κ2) is 12.0. The van der Waals surface area contributed by atoms with Crippen LogP contribution in [-0.2, 0) is 0 Å². The van der Waals surface area contributed by atoms with Crippen molar-refractivity contribution < 1.29 is 8.83 Å². The van der Waals surface area contributed by atoms with Crippen molar-refractivity contribution in [2.45, 2.75) is 0 Å². The monoisotopic (exact) mass is 675 g/mol. The molecule has 0 saturated carbocycles. The number of hydrogen-bond acceptors (Lipinski definition) is 2. The van der Waals surface area contributed by atoms with Crippen LogP contribution in [0.15, 0.2) is 99.8 Å². The predicted octanol–water partition coefficient (Wildman–Crippen LogP) is -0.145. The highest BCUT2D eigenvalue weighted by molar-refractivity contribution is 6.71. The van der Waals surface area contributed by atoms with Crippen LogP contribution in [0.2, 0.25) is 0 Å². The summed E-state index contributed by atoms with van der Waals surface area (Å²) in [7, 11) is 65.4. The molecule has 0 N–H and O–H groups in total. The van der Waals surface area contributed by atoms with Crippen molar-refractivity contribution in [1.82, 2.24) is 4.57 Å². The van der Waals surface area contributed by atoms with Gasteiger partial charge in [0.05, 0.1) is 5.52 Å². The quantitative estimate of drug-likeness (QED) is 0.245. The molecule has 0 unspecified atom stereocenters. The normalized spacial score (nSPS) is 12.0. The molecule has 3 heterocycles. The van der Waals surface area contributed by atoms with Crippen LogP contribution >= 0.6 is 0 Å². The van der Waals surface area contributed by atoms with Gasteiger partial charge >= 0.3 is 0 Å². The van der Waals surface area contributed by atoms with E-state index in [0.29, 0.717) is 43.8 Å². The first kappa shape index (κ1) is 34.1. The fourth-order valence-electron chi connectivity index (χ4n) is 8.16. The van der Waals surface area contributed by atoms with Gasteiger partial charge in [-0.25, -0.2) is 0 Å². The lowest BCUT2D eigenvalue weighted by atomic mass is 9.64. The smallest absolute Gasteiger partial charge is 0.159 e. The van der Waals surface area contributed by atoms with Gasteiger partial charge in [-0.3, -0.25) is 0 Å². The lowest BCUT2D eigenvalue weighted by molar-refractivity contribution is 0.669. The van der Waals surface area contributed by atoms with Gasteiger partial charge in [0.15, 0.2) is 5.58 Å². The average molecular weight is 674 g/mol. The van der Waals surface area contributed by atoms with Crippen molar-refractivity contribution in [3.63, 3.8) is 0 Å². The van der Waals surface area contributed by atoms with Gasteiger partial charge in [0.25, 0.3) is 0 Å². The molecule has 0 aliphatic heterocycles. The van der Waals surface area contributed by atoms with Crippen LogP contribution in [0.3, 0.4) is 0 Å². The Morgan fingerprint density at radius 1 is 0.345 bits per heavy atom. The molecule has 0 amide bonds. The van der Waals surface area contributed by atoms with Crippen molar-refractivity contribution in [1.29, 1.82) is 0 Å². The number of nitrogens with zero attached hydrogens (tertiary/aromatic N) is 1. The molecular formula is C42H15B10NO2. The summed E-state index contributed by atoms with van der Waals surface area (Å²) >= 11 is 0. The van der Waals surface area contributed by atoms with Crippen LogP contribution in [0.5, 0.6) is 0 Å². The van der Waals surface area contributed by atoms with Gasteiger partial charge in [0.1, 0.15) is 95.2 Å². The maximum atomic E-state index is 6.88. The van der Waals surface area contributed by atoms with Crippen LogP contribution in [0, 0.1) is 0 Å². The molecule has 0 spiro atoms. The third-order valence-electron chi connectivity index (χ3n) is 11.0. The maximum absolute atomic E-state index is 6.88. The summed E-state index contributed by atoms with van der Waals surface area (Å²) in [4.78, 5) is 0. The Bertz CT molecular complexity index is 3310. The van der Waals surface area contributed by atoms with Gasteiger partial charge in [0, 0.05) is 38.1 Å². The Hall–Kier alpha value is -5.41. The molecule has 3 nitrogen and oxygen atoms in total. The highest BCUT2D eigenvalue weighted by Gasteiger charge is 2.27. The van der Waals surface area contributed by atoms with E-state index in [4.69, 9.17) is 87.3 Å². The Morgan fingerprint density at radius 2 is 0.855 bits per heavy atom. The van der Waals surface area contributed by atoms with Crippen LogP contribution < -0.4 is 54.6 Å². The van der Waals surface area contributed by atoms with Crippen molar-refractivity contribution in [2.24, 2.45) is 0 Å². The number of hydrogen-bond donors (Lipinski definition) is 0. The lowest BCUT2D eigenvalue weighted by Gasteiger charge is -2.16. The molecule has 230 valence electrons. The van der Waals surface area contributed by atoms with Gasteiger partial charge in [0.2, 0.25) is 0 Å². The average Bonchev–Trinajstić information content (AvgIpc) is 3.91. The number of aromatic nitrogens is 1. The third-order valence-corrected chi connectivity index (χ3v) is 11.0. The molecular weight excluding hydrogens is 659 g/mol. The summed E-state index contributed by atoms with van der Waals surface area (Å²) in [6, 6.07) is 30.6. The number of furan rings is 2. The molecule has 0 saturated heterocycles. The zero-order valence-electron chi connectivity index (χ0n) is 29.2. The van der Waals surface area contributed by atoms with Crippen molar-refractivity contribution in [2.75, 3.05) is 0 Å². The zero-order valence-corrected chi connectivity index (χ0v) is 29.2. The minimum absolute atomic E-state index is 0.0945. The van der Waals surface area contributed by atoms with E-state index in [1.807, 2.05) is 59.2 Å². The van der Waals surface area contributed by atoms with Gasteiger partial charge in [-0.2, -0.15) is 0 Å². The molecule has 0 fully saturated rings. The van der Waals surface area contributed by atoms with Crippen molar-refractivity contribution >= 4 is 199 Å². The second-order valence-corrected chi connectivity index (χ2v) is 13.8. The van der Waals surface area contributed by atoms with E-state index < -0.39 is 0 Å². The topological polar surface area (TPSA) is 31.2 Å². The fraction of sp³-hybridized carbons (Fsp3) is 0. The highest BCUT2D eigenvalue weighted by Crippen LogP contribution is 2.39. The molecule has 10 rings (SSSR count). The van der Waals surface area contributed by atoms with E-state index in [1.54, 1.807) is 0 Å². The van der Waals surface area contributed by atoms with Gasteiger partial charge in [-0.15, -0.1) is 21.9 Å². The fourth-order valence-corrected chi connectivity index (χ4v) is 8.16. The van der Waals surface area contributed by atoms with Gasteiger partial charge in [-0.05, 0) is 51.9 Å². The first-order valence-corrected chi connectivity index (χ1v) is 17.3. The summed E-state index contributed by atoms with van der Waals surface area (Å²) in [5.74, 6) is 0. The summed E-state index contributed by atoms with van der Waals surface area (Å²) < 4.78 is 14.5. The van der Waals surface area contributed by atoms with E-state index in [1.165, 1.54) is 0 Å². The van der Waals surface area contributed by atoms with Gasteiger partial charge < -0.3 is 13.4 Å². The second-order valence-electron chi connectivity index (χ2n) is 13.8. The van der Waals surface area contributed by atoms with E-state index in [2.05, 4.69) is 36.4 Å². The molecule has 20 radical (unpaired) electrons. The Balaban J connectivity index is 1.19. The molecule has 0 atom stereocenters. The minimum Gasteiger partial charge on any atom is -0.456 e. The Labute approximate surface area is 329 Å². The van der Waals surface area contributed by atoms with Crippen molar-refractivity contribution in [3.05, 3.63) is 91.0 Å². The number of benzene rings is 7. The van der Waals surface area contributed by atoms with E-state index in [0.717, 1.165) is 44.2 Å². The molecule has 13 heteroatoms. The first-order chi connectivity index (χ1) is 26.5. The number of para-hydroxylation sites is 1. The van der Waals surface area contributed by atoms with Crippen LogP contribution in [-0.4, -0.2) is 83.0 Å². The van der Waals surface area contributed by atoms with Crippen LogP contribution in [0.25, 0.3) is 93.6 Å². The minimum atomic E-state index is 0.0945. The molecule has 10 aromatic rings. The van der Waals surface area contributed by atoms with Crippen LogP contribution in [0.4, 0.5) is 0 Å². The summed E-state index contributed by atoms with van der Waals surface area (Å²) in [6.07, 6.45) is 0.